The number of carbonyl (C=O) groups excluding carboxylic acids is 2. The molecule has 0 N–H and O–H groups in total. The minimum Gasteiger partial charge on any atom is -0.466 e. The van der Waals surface area contributed by atoms with Crippen LogP contribution in [0.5, 0.6) is 0 Å². The first-order chi connectivity index (χ1) is 27.3. The summed E-state index contributed by atoms with van der Waals surface area (Å²) in [7, 11) is 4.23. The van der Waals surface area contributed by atoms with Crippen LogP contribution in [0.2, 0.25) is 0 Å². The van der Waals surface area contributed by atoms with Crippen molar-refractivity contribution in [2.75, 3.05) is 40.5 Å². The maximum absolute atomic E-state index is 12.4. The summed E-state index contributed by atoms with van der Waals surface area (Å²) in [4.78, 5) is 27.1. The average molecular weight is 794 g/mol. The Morgan fingerprint density at radius 1 is 0.554 bits per heavy atom. The number of esters is 2. The third kappa shape index (κ3) is 29.9. The van der Waals surface area contributed by atoms with Crippen molar-refractivity contribution in [3.63, 3.8) is 0 Å². The van der Waals surface area contributed by atoms with E-state index in [1.807, 2.05) is 0 Å². The lowest BCUT2D eigenvalue weighted by atomic mass is 9.92. The predicted octanol–water partition coefficient (Wildman–Crippen LogP) is 13.9. The summed E-state index contributed by atoms with van der Waals surface area (Å²) in [5.74, 6) is 0.915. The zero-order chi connectivity index (χ0) is 41.0. The van der Waals surface area contributed by atoms with Gasteiger partial charge in [-0.1, -0.05) is 169 Å². The summed E-state index contributed by atoms with van der Waals surface area (Å²) in [6.45, 7) is 11.9. The number of unbranched alkanes of at least 4 members (excludes halogenated alkanes) is 16. The normalized spacial score (nSPS) is 15.4. The smallest absolute Gasteiger partial charge is 0.305 e. The molecule has 0 unspecified atom stereocenters. The van der Waals surface area contributed by atoms with Crippen molar-refractivity contribution in [1.29, 1.82) is 0 Å². The van der Waals surface area contributed by atoms with Crippen LogP contribution in [-0.4, -0.2) is 69.2 Å². The molecule has 0 aliphatic carbocycles. The summed E-state index contributed by atoms with van der Waals surface area (Å²) < 4.78 is 24.5. The molecule has 0 aromatic rings. The molecule has 0 aromatic carbocycles. The number of rotatable bonds is 41. The van der Waals surface area contributed by atoms with Crippen LogP contribution in [0.1, 0.15) is 240 Å². The third-order valence-electron chi connectivity index (χ3n) is 12.1. The Balaban J connectivity index is 2.30. The van der Waals surface area contributed by atoms with Crippen LogP contribution in [0.15, 0.2) is 0 Å². The molecule has 1 aliphatic heterocycles. The molecule has 1 rings (SSSR count). The molecule has 0 radical (unpaired) electrons. The number of carbonyl (C=O) groups is 2. The highest BCUT2D eigenvalue weighted by atomic mass is 16.7. The fourth-order valence-electron chi connectivity index (χ4n) is 8.36. The number of hydrogen-bond acceptors (Lipinski definition) is 7. The molecule has 1 aliphatic rings. The van der Waals surface area contributed by atoms with E-state index in [1.165, 1.54) is 103 Å². The van der Waals surface area contributed by atoms with Crippen LogP contribution >= 0.6 is 0 Å². The van der Waals surface area contributed by atoms with E-state index in [0.29, 0.717) is 44.5 Å². The first-order valence-electron chi connectivity index (χ1n) is 24.5. The Morgan fingerprint density at radius 3 is 1.34 bits per heavy atom. The molecular formula is C49H95NO6. The van der Waals surface area contributed by atoms with Crippen LogP contribution < -0.4 is 0 Å². The molecule has 1 fully saturated rings. The molecule has 1 heterocycles. The highest BCUT2D eigenvalue weighted by Crippen LogP contribution is 2.36. The Hall–Kier alpha value is -1.18. The summed E-state index contributed by atoms with van der Waals surface area (Å²) in [5.41, 5.74) is 0. The molecule has 7 nitrogen and oxygen atoms in total. The van der Waals surface area contributed by atoms with Crippen molar-refractivity contribution >= 4 is 11.9 Å². The monoisotopic (exact) mass is 794 g/mol. The van der Waals surface area contributed by atoms with E-state index in [0.717, 1.165) is 103 Å². The second-order valence-electron chi connectivity index (χ2n) is 17.8. The van der Waals surface area contributed by atoms with Gasteiger partial charge in [0, 0.05) is 32.2 Å². The van der Waals surface area contributed by atoms with Crippen molar-refractivity contribution < 1.29 is 28.5 Å². The standard InChI is InChI=1S/C49H95NO6/c1-7-11-21-29-44(30-22-12-8-2)36-41-53-47(51)33-25-17-15-19-27-38-49(55-43-46(56-49)35-40-50(5)6)39-28-20-16-18-26-34-48(52)54-42-37-45(31-23-13-9-3)32-24-14-10-4/h44-46H,7-43H2,1-6H3/t46-/m1/s1. The van der Waals surface area contributed by atoms with Crippen LogP contribution in [0.25, 0.3) is 0 Å². The fourth-order valence-corrected chi connectivity index (χ4v) is 8.36. The molecule has 0 amide bonds. The van der Waals surface area contributed by atoms with Gasteiger partial charge in [-0.25, -0.2) is 0 Å². The predicted molar refractivity (Wildman–Crippen MR) is 236 cm³/mol. The molecule has 332 valence electrons. The maximum Gasteiger partial charge on any atom is 0.305 e. The number of nitrogens with zero attached hydrogens (tertiary/aromatic N) is 1. The van der Waals surface area contributed by atoms with Gasteiger partial charge in [-0.2, -0.15) is 0 Å². The lowest BCUT2D eigenvalue weighted by Crippen LogP contribution is -2.31. The summed E-state index contributed by atoms with van der Waals surface area (Å²) in [5, 5.41) is 0. The first-order valence-corrected chi connectivity index (χ1v) is 24.5. The Morgan fingerprint density at radius 2 is 0.946 bits per heavy atom. The zero-order valence-electron chi connectivity index (χ0n) is 38.3. The maximum atomic E-state index is 12.4. The molecular weight excluding hydrogens is 699 g/mol. The van der Waals surface area contributed by atoms with Gasteiger partial charge < -0.3 is 23.8 Å². The molecule has 0 bridgehead atoms. The SMILES string of the molecule is CCCCCC(CCCCC)CCOC(=O)CCCCCCCC1(CCCCCCCC(=O)OCCC(CCCCC)CCCCC)OC[C@@H](CCN(C)C)O1. The van der Waals surface area contributed by atoms with Crippen molar-refractivity contribution in [1.82, 2.24) is 4.90 Å². The van der Waals surface area contributed by atoms with Crippen LogP contribution in [0.4, 0.5) is 0 Å². The lowest BCUT2D eigenvalue weighted by Gasteiger charge is -2.29. The van der Waals surface area contributed by atoms with E-state index in [9.17, 15) is 9.59 Å². The summed E-state index contributed by atoms with van der Waals surface area (Å²) in [6, 6.07) is 0. The van der Waals surface area contributed by atoms with E-state index in [2.05, 4.69) is 46.7 Å². The van der Waals surface area contributed by atoms with Crippen molar-refractivity contribution in [3.8, 4) is 0 Å². The number of hydrogen-bond donors (Lipinski definition) is 0. The van der Waals surface area contributed by atoms with Gasteiger partial charge >= 0.3 is 11.9 Å². The molecule has 1 atom stereocenters. The van der Waals surface area contributed by atoms with Crippen LogP contribution in [0.3, 0.4) is 0 Å². The van der Waals surface area contributed by atoms with E-state index in [1.54, 1.807) is 0 Å². The topological polar surface area (TPSA) is 74.3 Å². The van der Waals surface area contributed by atoms with Gasteiger partial charge in [0.15, 0.2) is 5.79 Å². The molecule has 1 saturated heterocycles. The third-order valence-corrected chi connectivity index (χ3v) is 12.1. The Bertz CT molecular complexity index is 820. The average Bonchev–Trinajstić information content (AvgIpc) is 3.59. The summed E-state index contributed by atoms with van der Waals surface area (Å²) in [6.07, 6.45) is 37.5. The van der Waals surface area contributed by atoms with Crippen molar-refractivity contribution in [2.45, 2.75) is 251 Å². The number of ether oxygens (including phenoxy) is 4. The van der Waals surface area contributed by atoms with Crippen molar-refractivity contribution in [3.05, 3.63) is 0 Å². The van der Waals surface area contributed by atoms with Gasteiger partial charge in [-0.3, -0.25) is 9.59 Å². The van der Waals surface area contributed by atoms with Crippen LogP contribution in [-0.2, 0) is 28.5 Å². The zero-order valence-corrected chi connectivity index (χ0v) is 38.3. The summed E-state index contributed by atoms with van der Waals surface area (Å²) >= 11 is 0. The van der Waals surface area contributed by atoms with E-state index in [-0.39, 0.29) is 18.0 Å². The van der Waals surface area contributed by atoms with E-state index >= 15 is 0 Å². The largest absolute Gasteiger partial charge is 0.466 e. The Kier molecular flexibility index (Phi) is 34.8. The quantitative estimate of drug-likeness (QED) is 0.0451. The van der Waals surface area contributed by atoms with Gasteiger partial charge in [0.25, 0.3) is 0 Å². The van der Waals surface area contributed by atoms with E-state index < -0.39 is 5.79 Å². The highest BCUT2D eigenvalue weighted by Gasteiger charge is 2.40. The lowest BCUT2D eigenvalue weighted by molar-refractivity contribution is -0.180. The molecule has 0 spiro atoms. The molecule has 7 heteroatoms. The fraction of sp³-hybridized carbons (Fsp3) is 0.959. The highest BCUT2D eigenvalue weighted by molar-refractivity contribution is 5.69. The van der Waals surface area contributed by atoms with Gasteiger partial charge in [0.2, 0.25) is 0 Å². The van der Waals surface area contributed by atoms with Gasteiger partial charge in [-0.05, 0) is 70.9 Å². The van der Waals surface area contributed by atoms with Gasteiger partial charge in [0.05, 0.1) is 25.9 Å². The van der Waals surface area contributed by atoms with E-state index in [4.69, 9.17) is 18.9 Å². The molecule has 0 saturated carbocycles. The second-order valence-corrected chi connectivity index (χ2v) is 17.8. The minimum atomic E-state index is -0.458. The molecule has 56 heavy (non-hydrogen) atoms. The molecule has 0 aromatic heterocycles. The van der Waals surface area contributed by atoms with Gasteiger partial charge in [-0.15, -0.1) is 0 Å². The second kappa shape index (κ2) is 36.9. The minimum absolute atomic E-state index is 0.0176. The van der Waals surface area contributed by atoms with Gasteiger partial charge in [0.1, 0.15) is 0 Å². The first kappa shape index (κ1) is 52.8. The Labute approximate surface area is 348 Å². The van der Waals surface area contributed by atoms with Crippen LogP contribution in [0, 0.1) is 11.8 Å². The van der Waals surface area contributed by atoms with Crippen molar-refractivity contribution in [2.24, 2.45) is 11.8 Å².